The van der Waals surface area contributed by atoms with Gasteiger partial charge in [-0.2, -0.15) is 0 Å². The second-order valence-corrected chi connectivity index (χ2v) is 6.68. The van der Waals surface area contributed by atoms with Crippen LogP contribution in [0.2, 0.25) is 0 Å². The van der Waals surface area contributed by atoms with Crippen molar-refractivity contribution in [2.75, 3.05) is 50.7 Å². The first-order valence-corrected chi connectivity index (χ1v) is 8.81. The van der Waals surface area contributed by atoms with E-state index in [0.717, 1.165) is 57.9 Å². The monoisotopic (exact) mass is 463 g/mol. The Balaban J connectivity index is 0.00000312. The van der Waals surface area contributed by atoms with Gasteiger partial charge in [0.05, 0.1) is 0 Å². The van der Waals surface area contributed by atoms with Crippen LogP contribution in [-0.4, -0.2) is 56.7 Å². The van der Waals surface area contributed by atoms with E-state index in [1.807, 2.05) is 12.1 Å². The number of anilines is 1. The molecule has 0 aliphatic carbocycles. The fourth-order valence-corrected chi connectivity index (χ4v) is 2.72. The molecule has 1 saturated heterocycles. The molecule has 0 aromatic heterocycles. The maximum absolute atomic E-state index is 13.0. The van der Waals surface area contributed by atoms with E-state index < -0.39 is 0 Å². The van der Waals surface area contributed by atoms with Crippen LogP contribution in [0, 0.1) is 11.7 Å². The summed E-state index contributed by atoms with van der Waals surface area (Å²) in [5.41, 5.74) is 6.96. The number of piperazine rings is 1. The van der Waals surface area contributed by atoms with Crippen LogP contribution >= 0.6 is 24.0 Å². The summed E-state index contributed by atoms with van der Waals surface area (Å²) in [6, 6.07) is 6.74. The number of halogens is 2. The highest BCUT2D eigenvalue weighted by Crippen LogP contribution is 2.16. The topological polar surface area (TPSA) is 56.9 Å². The van der Waals surface area contributed by atoms with Gasteiger partial charge in [-0.15, -0.1) is 24.0 Å². The number of hydrogen-bond acceptors (Lipinski definition) is 3. The fourth-order valence-electron chi connectivity index (χ4n) is 2.72. The molecule has 2 rings (SSSR count). The van der Waals surface area contributed by atoms with Crippen molar-refractivity contribution in [1.29, 1.82) is 0 Å². The van der Waals surface area contributed by atoms with Crippen molar-refractivity contribution >= 4 is 35.6 Å². The van der Waals surface area contributed by atoms with Gasteiger partial charge in [-0.1, -0.05) is 13.8 Å². The van der Waals surface area contributed by atoms with Crippen LogP contribution in [-0.2, 0) is 0 Å². The van der Waals surface area contributed by atoms with Gasteiger partial charge in [0.15, 0.2) is 5.96 Å². The lowest BCUT2D eigenvalue weighted by molar-refractivity contribution is 0.261. The van der Waals surface area contributed by atoms with E-state index in [-0.39, 0.29) is 29.8 Å². The molecule has 1 aromatic rings. The Morgan fingerprint density at radius 1 is 1.20 bits per heavy atom. The summed E-state index contributed by atoms with van der Waals surface area (Å²) >= 11 is 0. The largest absolute Gasteiger partial charge is 0.370 e. The third kappa shape index (κ3) is 8.22. The van der Waals surface area contributed by atoms with Gasteiger partial charge in [-0.25, -0.2) is 4.39 Å². The summed E-state index contributed by atoms with van der Waals surface area (Å²) in [6.45, 7) is 10.9. The molecule has 0 radical (unpaired) electrons. The van der Waals surface area contributed by atoms with Crippen LogP contribution in [0.15, 0.2) is 29.3 Å². The lowest BCUT2D eigenvalue weighted by Crippen LogP contribution is -2.49. The molecular weight excluding hydrogens is 432 g/mol. The first-order chi connectivity index (χ1) is 11.5. The number of guanidine groups is 1. The summed E-state index contributed by atoms with van der Waals surface area (Å²) in [6.07, 6.45) is 1.06. The molecule has 0 spiro atoms. The average molecular weight is 463 g/mol. The number of hydrogen-bond donors (Lipinski definition) is 2. The molecule has 0 saturated carbocycles. The number of aliphatic imine (C=N–C) groups is 1. The van der Waals surface area contributed by atoms with Gasteiger partial charge in [0.1, 0.15) is 5.82 Å². The van der Waals surface area contributed by atoms with Crippen LogP contribution in [0.4, 0.5) is 10.1 Å². The molecule has 7 heteroatoms. The van der Waals surface area contributed by atoms with Gasteiger partial charge >= 0.3 is 0 Å². The zero-order valence-electron chi connectivity index (χ0n) is 15.2. The molecule has 3 N–H and O–H groups in total. The van der Waals surface area contributed by atoms with Crippen molar-refractivity contribution in [2.24, 2.45) is 16.6 Å². The number of nitrogens with one attached hydrogen (secondary N) is 1. The SMILES string of the molecule is CC(C)CCN=C(N)NCCN1CCN(c2ccc(F)cc2)CC1.I. The molecule has 0 atom stereocenters. The van der Waals surface area contributed by atoms with Crippen LogP contribution in [0.25, 0.3) is 0 Å². The van der Waals surface area contributed by atoms with Gasteiger partial charge in [0.2, 0.25) is 0 Å². The molecule has 1 heterocycles. The predicted octanol–water partition coefficient (Wildman–Crippen LogP) is 2.52. The number of nitrogens with two attached hydrogens (primary N) is 1. The summed E-state index contributed by atoms with van der Waals surface area (Å²) in [7, 11) is 0. The molecule has 1 aromatic carbocycles. The van der Waals surface area contributed by atoms with E-state index in [1.54, 1.807) is 0 Å². The Morgan fingerprint density at radius 2 is 1.84 bits per heavy atom. The lowest BCUT2D eigenvalue weighted by Gasteiger charge is -2.36. The third-order valence-electron chi connectivity index (χ3n) is 4.29. The summed E-state index contributed by atoms with van der Waals surface area (Å²) in [5, 5.41) is 3.18. The highest BCUT2D eigenvalue weighted by atomic mass is 127. The minimum absolute atomic E-state index is 0. The minimum Gasteiger partial charge on any atom is -0.370 e. The van der Waals surface area contributed by atoms with Crippen molar-refractivity contribution in [2.45, 2.75) is 20.3 Å². The van der Waals surface area contributed by atoms with Gasteiger partial charge < -0.3 is 16.0 Å². The Morgan fingerprint density at radius 3 is 2.44 bits per heavy atom. The smallest absolute Gasteiger partial charge is 0.188 e. The molecule has 0 bridgehead atoms. The highest BCUT2D eigenvalue weighted by Gasteiger charge is 2.16. The number of benzene rings is 1. The lowest BCUT2D eigenvalue weighted by atomic mass is 10.1. The molecule has 1 fully saturated rings. The molecular formula is C18H31FIN5. The molecule has 0 amide bonds. The first-order valence-electron chi connectivity index (χ1n) is 8.81. The Bertz CT molecular complexity index is 513. The van der Waals surface area contributed by atoms with E-state index in [4.69, 9.17) is 5.73 Å². The molecule has 5 nitrogen and oxygen atoms in total. The van der Waals surface area contributed by atoms with Crippen LogP contribution in [0.1, 0.15) is 20.3 Å². The zero-order valence-corrected chi connectivity index (χ0v) is 17.6. The van der Waals surface area contributed by atoms with E-state index in [9.17, 15) is 4.39 Å². The van der Waals surface area contributed by atoms with Gasteiger partial charge in [-0.05, 0) is 36.6 Å². The van der Waals surface area contributed by atoms with Gasteiger partial charge in [0, 0.05) is 51.5 Å². The van der Waals surface area contributed by atoms with Crippen molar-refractivity contribution < 1.29 is 4.39 Å². The summed E-state index contributed by atoms with van der Waals surface area (Å²) < 4.78 is 13.0. The molecule has 0 unspecified atom stereocenters. The highest BCUT2D eigenvalue weighted by molar-refractivity contribution is 14.0. The maximum Gasteiger partial charge on any atom is 0.188 e. The molecule has 142 valence electrons. The standard InChI is InChI=1S/C18H30FN5.HI/c1-15(2)7-8-21-18(20)22-9-10-23-11-13-24(14-12-23)17-5-3-16(19)4-6-17;/h3-6,15H,7-14H2,1-2H3,(H3,20,21,22);1H. The van der Waals surface area contributed by atoms with Crippen molar-refractivity contribution in [3.8, 4) is 0 Å². The first kappa shape index (κ1) is 22.0. The van der Waals surface area contributed by atoms with Crippen molar-refractivity contribution in [1.82, 2.24) is 10.2 Å². The third-order valence-corrected chi connectivity index (χ3v) is 4.29. The number of rotatable bonds is 7. The molecule has 25 heavy (non-hydrogen) atoms. The maximum atomic E-state index is 13.0. The van der Waals surface area contributed by atoms with E-state index in [0.29, 0.717) is 11.9 Å². The van der Waals surface area contributed by atoms with E-state index >= 15 is 0 Å². The quantitative estimate of drug-likeness (QED) is 0.371. The van der Waals surface area contributed by atoms with Gasteiger partial charge in [0.25, 0.3) is 0 Å². The second-order valence-electron chi connectivity index (χ2n) is 6.68. The molecule has 1 aliphatic rings. The fraction of sp³-hybridized carbons (Fsp3) is 0.611. The minimum atomic E-state index is -0.184. The zero-order chi connectivity index (χ0) is 17.4. The average Bonchev–Trinajstić information content (AvgIpc) is 2.56. The Kier molecular flexibility index (Phi) is 10.1. The van der Waals surface area contributed by atoms with Crippen LogP contribution < -0.4 is 16.0 Å². The normalized spacial score (nSPS) is 16.0. The Hall–Kier alpha value is -1.09. The molecule has 1 aliphatic heterocycles. The number of nitrogens with zero attached hydrogens (tertiary/aromatic N) is 3. The van der Waals surface area contributed by atoms with E-state index in [2.05, 4.69) is 34.0 Å². The summed E-state index contributed by atoms with van der Waals surface area (Å²) in [4.78, 5) is 9.04. The predicted molar refractivity (Wildman–Crippen MR) is 114 cm³/mol. The van der Waals surface area contributed by atoms with E-state index in [1.165, 1.54) is 12.1 Å². The van der Waals surface area contributed by atoms with Crippen LogP contribution in [0.5, 0.6) is 0 Å². The van der Waals surface area contributed by atoms with Gasteiger partial charge in [-0.3, -0.25) is 9.89 Å². The Labute approximate surface area is 167 Å². The van der Waals surface area contributed by atoms with Crippen LogP contribution in [0.3, 0.4) is 0 Å². The van der Waals surface area contributed by atoms with Crippen molar-refractivity contribution in [3.05, 3.63) is 30.1 Å². The second kappa shape index (κ2) is 11.5. The summed E-state index contributed by atoms with van der Waals surface area (Å²) in [5.74, 6) is 1.01. The van der Waals surface area contributed by atoms with Crippen molar-refractivity contribution in [3.63, 3.8) is 0 Å².